The summed E-state index contributed by atoms with van der Waals surface area (Å²) in [6.45, 7) is 2.78. The fourth-order valence-electron chi connectivity index (χ4n) is 2.82. The van der Waals surface area contributed by atoms with Gasteiger partial charge in [0.05, 0.1) is 19.8 Å². The number of hydrogen-bond donors (Lipinski definition) is 1. The average molecular weight is 363 g/mol. The van der Waals surface area contributed by atoms with Crippen molar-refractivity contribution >= 4 is 17.5 Å². The van der Waals surface area contributed by atoms with E-state index in [1.165, 1.54) is 18.7 Å². The van der Waals surface area contributed by atoms with Crippen LogP contribution in [0.15, 0.2) is 28.2 Å². The first-order chi connectivity index (χ1) is 12.1. The van der Waals surface area contributed by atoms with Crippen LogP contribution in [-0.4, -0.2) is 40.4 Å². The summed E-state index contributed by atoms with van der Waals surface area (Å²) in [5.74, 6) is 1.25. The van der Waals surface area contributed by atoms with Gasteiger partial charge in [-0.3, -0.25) is 9.36 Å². The lowest BCUT2D eigenvalue weighted by molar-refractivity contribution is 0.0941. The molecule has 1 aromatic heterocycles. The number of thioether (sulfide) groups is 1. The number of ketones is 1. The van der Waals surface area contributed by atoms with Crippen molar-refractivity contribution < 1.29 is 14.3 Å². The van der Waals surface area contributed by atoms with E-state index in [0.717, 1.165) is 25.0 Å². The van der Waals surface area contributed by atoms with Gasteiger partial charge in [0, 0.05) is 23.5 Å². The van der Waals surface area contributed by atoms with Gasteiger partial charge in [-0.15, -0.1) is 5.10 Å². The number of aromatic nitrogens is 3. The first kappa shape index (κ1) is 17.8. The van der Waals surface area contributed by atoms with Gasteiger partial charge in [-0.1, -0.05) is 11.8 Å². The highest BCUT2D eigenvalue weighted by atomic mass is 32.2. The third-order valence-electron chi connectivity index (χ3n) is 4.18. The fourth-order valence-corrected chi connectivity index (χ4v) is 3.75. The Bertz CT molecular complexity index is 808. The van der Waals surface area contributed by atoms with Crippen molar-refractivity contribution in [3.05, 3.63) is 39.8 Å². The molecule has 0 radical (unpaired) electrons. The Kier molecular flexibility index (Phi) is 5.60. The van der Waals surface area contributed by atoms with E-state index in [-0.39, 0.29) is 17.6 Å². The van der Waals surface area contributed by atoms with Gasteiger partial charge in [-0.25, -0.2) is 9.89 Å². The Morgan fingerprint density at radius 3 is 3.04 bits per heavy atom. The molecule has 0 bridgehead atoms. The van der Waals surface area contributed by atoms with Crippen molar-refractivity contribution in [2.24, 2.45) is 0 Å². The normalized spacial score (nSPS) is 17.0. The number of H-pyrrole nitrogens is 1. The molecular formula is C17H21N3O4S. The summed E-state index contributed by atoms with van der Waals surface area (Å²) >= 11 is 1.43. The lowest BCUT2D eigenvalue weighted by Crippen LogP contribution is -2.24. The summed E-state index contributed by atoms with van der Waals surface area (Å²) < 4.78 is 12.6. The van der Waals surface area contributed by atoms with Gasteiger partial charge in [0.2, 0.25) is 0 Å². The summed E-state index contributed by atoms with van der Waals surface area (Å²) in [6.07, 6.45) is 2.04. The number of ether oxygens (including phenoxy) is 2. The first-order valence-corrected chi connectivity index (χ1v) is 9.14. The second kappa shape index (κ2) is 7.88. The van der Waals surface area contributed by atoms with Gasteiger partial charge in [-0.2, -0.15) is 0 Å². The Balaban J connectivity index is 1.76. The fraction of sp³-hybridized carbons (Fsp3) is 0.471. The molecule has 3 rings (SSSR count). The third kappa shape index (κ3) is 4.13. The number of nitrogens with one attached hydrogen (secondary N) is 1. The second-order valence-electron chi connectivity index (χ2n) is 5.93. The van der Waals surface area contributed by atoms with Gasteiger partial charge in [-0.05, 0) is 38.0 Å². The minimum absolute atomic E-state index is 0.00367. The van der Waals surface area contributed by atoms with E-state index >= 15 is 0 Å². The summed E-state index contributed by atoms with van der Waals surface area (Å²) in [5, 5.41) is 7.22. The van der Waals surface area contributed by atoms with Crippen molar-refractivity contribution in [2.75, 3.05) is 13.7 Å². The van der Waals surface area contributed by atoms with E-state index < -0.39 is 0 Å². The van der Waals surface area contributed by atoms with Crippen LogP contribution in [0.2, 0.25) is 0 Å². The molecule has 0 amide bonds. The van der Waals surface area contributed by atoms with Gasteiger partial charge in [0.1, 0.15) is 5.75 Å². The molecule has 134 valence electrons. The molecule has 0 aliphatic carbocycles. The number of methoxy groups -OCH3 is 1. The minimum atomic E-state index is -0.234. The number of carbonyl (C=O) groups excluding carboxylic acids is 1. The maximum absolute atomic E-state index is 12.0. The number of carbonyl (C=O) groups is 1. The molecule has 1 saturated heterocycles. The van der Waals surface area contributed by atoms with Crippen LogP contribution < -0.4 is 10.4 Å². The molecule has 1 atom stereocenters. The molecule has 2 heterocycles. The van der Waals surface area contributed by atoms with Crippen LogP contribution in [0.1, 0.15) is 35.7 Å². The number of rotatable bonds is 7. The number of hydrogen-bond acceptors (Lipinski definition) is 6. The highest BCUT2D eigenvalue weighted by Gasteiger charge is 2.20. The van der Waals surface area contributed by atoms with Crippen LogP contribution in [0.4, 0.5) is 0 Å². The van der Waals surface area contributed by atoms with Crippen LogP contribution in [0.25, 0.3) is 0 Å². The van der Waals surface area contributed by atoms with E-state index in [2.05, 4.69) is 10.2 Å². The highest BCUT2D eigenvalue weighted by Crippen LogP contribution is 2.28. The Hall–Kier alpha value is -2.06. The van der Waals surface area contributed by atoms with Gasteiger partial charge in [0.15, 0.2) is 10.9 Å². The molecule has 1 aliphatic heterocycles. The van der Waals surface area contributed by atoms with Crippen LogP contribution >= 0.6 is 11.8 Å². The molecule has 1 aromatic carbocycles. The molecular weight excluding hydrogens is 342 g/mol. The maximum atomic E-state index is 12.0. The summed E-state index contributed by atoms with van der Waals surface area (Å²) in [4.78, 5) is 23.6. The molecule has 1 aliphatic rings. The SMILES string of the molecule is COc1ccc(C(C)=O)cc1CSc1n[nH]c(=O)n1C[C@@H]1CCCO1. The zero-order valence-corrected chi connectivity index (χ0v) is 15.1. The highest BCUT2D eigenvalue weighted by molar-refractivity contribution is 7.98. The molecule has 0 spiro atoms. The van der Waals surface area contributed by atoms with Gasteiger partial charge < -0.3 is 9.47 Å². The van der Waals surface area contributed by atoms with Crippen molar-refractivity contribution in [1.82, 2.24) is 14.8 Å². The van der Waals surface area contributed by atoms with Gasteiger partial charge in [0.25, 0.3) is 0 Å². The second-order valence-corrected chi connectivity index (χ2v) is 6.87. The lowest BCUT2D eigenvalue weighted by atomic mass is 10.1. The third-order valence-corrected chi connectivity index (χ3v) is 5.20. The summed E-state index contributed by atoms with van der Waals surface area (Å²) in [7, 11) is 1.60. The van der Waals surface area contributed by atoms with E-state index in [4.69, 9.17) is 9.47 Å². The van der Waals surface area contributed by atoms with Crippen molar-refractivity contribution in [2.45, 2.75) is 43.3 Å². The maximum Gasteiger partial charge on any atom is 0.344 e. The predicted molar refractivity (Wildman–Crippen MR) is 94.4 cm³/mol. The number of nitrogens with zero attached hydrogens (tertiary/aromatic N) is 2. The van der Waals surface area contributed by atoms with E-state index in [1.807, 2.05) is 6.07 Å². The van der Waals surface area contributed by atoms with E-state index in [9.17, 15) is 9.59 Å². The smallest absolute Gasteiger partial charge is 0.344 e. The molecule has 8 heteroatoms. The molecule has 1 N–H and O–H groups in total. The minimum Gasteiger partial charge on any atom is -0.496 e. The number of Topliss-reactive ketones (excluding diaryl/α,β-unsaturated/α-hetero) is 1. The quantitative estimate of drug-likeness (QED) is 0.600. The molecule has 0 unspecified atom stereocenters. The zero-order chi connectivity index (χ0) is 17.8. The largest absolute Gasteiger partial charge is 0.496 e. The topological polar surface area (TPSA) is 86.2 Å². The van der Waals surface area contributed by atoms with Crippen LogP contribution in [0, 0.1) is 0 Å². The predicted octanol–water partition coefficient (Wildman–Crippen LogP) is 2.25. The summed E-state index contributed by atoms with van der Waals surface area (Å²) in [5.41, 5.74) is 1.29. The van der Waals surface area contributed by atoms with Gasteiger partial charge >= 0.3 is 5.69 Å². The van der Waals surface area contributed by atoms with E-state index in [0.29, 0.717) is 28.8 Å². The van der Waals surface area contributed by atoms with Crippen molar-refractivity contribution in [3.8, 4) is 5.75 Å². The van der Waals surface area contributed by atoms with Crippen molar-refractivity contribution in [3.63, 3.8) is 0 Å². The zero-order valence-electron chi connectivity index (χ0n) is 14.3. The first-order valence-electron chi connectivity index (χ1n) is 8.16. The Morgan fingerprint density at radius 2 is 2.36 bits per heavy atom. The van der Waals surface area contributed by atoms with E-state index in [1.54, 1.807) is 23.8 Å². The monoisotopic (exact) mass is 363 g/mol. The standard InChI is InChI=1S/C17H21N3O4S/c1-11(21)12-5-6-15(23-2)13(8-12)10-25-17-19-18-16(22)20(17)9-14-4-3-7-24-14/h5-6,8,14H,3-4,7,9-10H2,1-2H3,(H,18,22)/t14-/m0/s1. The molecule has 7 nitrogen and oxygen atoms in total. The molecule has 1 fully saturated rings. The van der Waals surface area contributed by atoms with Crippen LogP contribution in [-0.2, 0) is 17.0 Å². The lowest BCUT2D eigenvalue weighted by Gasteiger charge is -2.12. The molecule has 2 aromatic rings. The Morgan fingerprint density at radius 1 is 1.52 bits per heavy atom. The molecule has 25 heavy (non-hydrogen) atoms. The Labute approximate surface area is 149 Å². The van der Waals surface area contributed by atoms with Crippen LogP contribution in [0.5, 0.6) is 5.75 Å². The van der Waals surface area contributed by atoms with Crippen molar-refractivity contribution in [1.29, 1.82) is 0 Å². The number of aromatic amines is 1. The summed E-state index contributed by atoms with van der Waals surface area (Å²) in [6, 6.07) is 5.36. The number of benzene rings is 1. The average Bonchev–Trinajstić information content (AvgIpc) is 3.24. The molecule has 0 saturated carbocycles. The van der Waals surface area contributed by atoms with Crippen LogP contribution in [0.3, 0.4) is 0 Å².